The van der Waals surface area contributed by atoms with Crippen LogP contribution < -0.4 is 5.19 Å². The molecule has 7 rings (SSSR count). The number of fused-ring (bicyclic) bond motifs is 3. The Kier molecular flexibility index (Phi) is 11.4. The van der Waals surface area contributed by atoms with Gasteiger partial charge in [-0.25, -0.2) is 4.98 Å². The molecule has 4 heterocycles. The molecular weight excluding hydrogens is 795 g/mol. The maximum Gasteiger partial charge on any atom is 0.216 e. The van der Waals surface area contributed by atoms with Crippen LogP contribution in [0.1, 0.15) is 70.2 Å². The van der Waals surface area contributed by atoms with Gasteiger partial charge in [0.15, 0.2) is 0 Å². The molecule has 6 aromatic rings. The van der Waals surface area contributed by atoms with E-state index < -0.39 is 8.07 Å². The molecule has 0 saturated heterocycles. The second-order valence-electron chi connectivity index (χ2n) is 15.5. The fourth-order valence-electron chi connectivity index (χ4n) is 7.24. The molecule has 0 bridgehead atoms. The fraction of sp³-hybridized carbons (Fsp3) is 0.372. The van der Waals surface area contributed by atoms with Crippen LogP contribution in [0, 0.1) is 30.9 Å². The summed E-state index contributed by atoms with van der Waals surface area (Å²) in [5.41, 5.74) is 9.38. The summed E-state index contributed by atoms with van der Waals surface area (Å²) in [6.07, 6.45) is 10.5. The Morgan fingerprint density at radius 3 is 2.37 bits per heavy atom. The molecule has 0 spiro atoms. The molecule has 1 aliphatic carbocycles. The molecule has 1 aliphatic rings. The van der Waals surface area contributed by atoms with Crippen molar-refractivity contribution in [3.63, 3.8) is 0 Å². The van der Waals surface area contributed by atoms with Crippen LogP contribution in [0.5, 0.6) is 0 Å². The molecule has 4 nitrogen and oxygen atoms in total. The second kappa shape index (κ2) is 15.2. The van der Waals surface area contributed by atoms with E-state index in [1.54, 1.807) is 0 Å². The number of aromatic nitrogens is 3. The molecular formula is C43H49IrN3OSi-2. The van der Waals surface area contributed by atoms with Crippen LogP contribution in [-0.2, 0) is 31.9 Å². The number of hydrogen-bond donors (Lipinski definition) is 0. The van der Waals surface area contributed by atoms with Gasteiger partial charge in [-0.15, -0.1) is 54.1 Å². The van der Waals surface area contributed by atoms with Gasteiger partial charge in [0.2, 0.25) is 5.71 Å². The molecule has 1 saturated carbocycles. The molecule has 49 heavy (non-hydrogen) atoms. The van der Waals surface area contributed by atoms with E-state index in [0.717, 1.165) is 56.9 Å². The minimum absolute atomic E-state index is 0. The SMILES string of the molecule is CC(C)Cc1cc(-c2[c-]cccc2)ncc1[Si](C)(C)C.Cc1ccc2c(n1)oc1c(-c3cc(C(C)(C)C4CCCC4)ccn3)[c-]ccc12.[Ir]. The first-order chi connectivity index (χ1) is 22.9. The van der Waals surface area contributed by atoms with Gasteiger partial charge in [0.05, 0.1) is 13.7 Å². The largest absolute Gasteiger partial charge is 0.486 e. The topological polar surface area (TPSA) is 51.8 Å². The summed E-state index contributed by atoms with van der Waals surface area (Å²) in [5, 5.41) is 3.60. The smallest absolute Gasteiger partial charge is 0.216 e. The maximum absolute atomic E-state index is 6.16. The van der Waals surface area contributed by atoms with Crippen LogP contribution in [0.2, 0.25) is 19.6 Å². The van der Waals surface area contributed by atoms with Gasteiger partial charge >= 0.3 is 0 Å². The quantitative estimate of drug-likeness (QED) is 0.119. The van der Waals surface area contributed by atoms with E-state index in [2.05, 4.69) is 111 Å². The van der Waals surface area contributed by atoms with Crippen LogP contribution in [0.3, 0.4) is 0 Å². The Morgan fingerprint density at radius 2 is 1.67 bits per heavy atom. The average Bonchev–Trinajstić information content (AvgIpc) is 3.74. The van der Waals surface area contributed by atoms with Crippen molar-refractivity contribution < 1.29 is 24.5 Å². The standard InChI is InChI=1S/C25H25N2O.C18H24NSi.Ir/c1-16-11-12-20-19-9-6-10-21(23(19)28-24(20)27-16)22-15-18(13-14-26-22)25(2,3)17-7-4-5-8-17;1-14(2)11-16-12-17(15-9-7-6-8-10-15)19-13-18(16)20(3,4)5;/h6,9,11-15,17H,4-5,7-8H2,1-3H3;6-9,12-14H,11H2,1-5H3;/q2*-1;. The van der Waals surface area contributed by atoms with E-state index in [9.17, 15) is 0 Å². The van der Waals surface area contributed by atoms with E-state index >= 15 is 0 Å². The van der Waals surface area contributed by atoms with Crippen LogP contribution >= 0.6 is 0 Å². The van der Waals surface area contributed by atoms with Crippen molar-refractivity contribution in [3.8, 4) is 22.5 Å². The van der Waals surface area contributed by atoms with Crippen LogP contribution in [0.25, 0.3) is 44.6 Å². The molecule has 0 unspecified atom stereocenters. The molecule has 0 atom stereocenters. The summed E-state index contributed by atoms with van der Waals surface area (Å²) in [7, 11) is -1.34. The summed E-state index contributed by atoms with van der Waals surface area (Å²) in [6.45, 7) is 18.5. The second-order valence-corrected chi connectivity index (χ2v) is 20.5. The zero-order chi connectivity index (χ0) is 34.1. The third-order valence-corrected chi connectivity index (χ3v) is 12.1. The number of benzene rings is 2. The van der Waals surface area contributed by atoms with E-state index in [-0.39, 0.29) is 25.5 Å². The van der Waals surface area contributed by atoms with Crippen molar-refractivity contribution >= 4 is 35.3 Å². The molecule has 0 amide bonds. The zero-order valence-electron chi connectivity index (χ0n) is 30.3. The average molecular weight is 844 g/mol. The minimum atomic E-state index is -1.34. The van der Waals surface area contributed by atoms with Gasteiger partial charge in [-0.05, 0) is 83.8 Å². The Balaban J connectivity index is 0.000000199. The summed E-state index contributed by atoms with van der Waals surface area (Å²) in [4.78, 5) is 13.9. The number of rotatable bonds is 7. The van der Waals surface area contributed by atoms with Crippen LogP contribution in [0.4, 0.5) is 0 Å². The Hall–Kier alpha value is -3.44. The predicted molar refractivity (Wildman–Crippen MR) is 203 cm³/mol. The summed E-state index contributed by atoms with van der Waals surface area (Å²) in [5.74, 6) is 1.40. The molecule has 257 valence electrons. The van der Waals surface area contributed by atoms with Gasteiger partial charge in [-0.2, -0.15) is 0 Å². The Bertz CT molecular complexity index is 2020. The van der Waals surface area contributed by atoms with Crippen molar-refractivity contribution in [1.82, 2.24) is 15.0 Å². The molecule has 2 aromatic carbocycles. The van der Waals surface area contributed by atoms with Gasteiger partial charge in [-0.3, -0.25) is 0 Å². The Morgan fingerprint density at radius 1 is 0.898 bits per heavy atom. The number of nitrogens with zero attached hydrogens (tertiary/aromatic N) is 3. The summed E-state index contributed by atoms with van der Waals surface area (Å²) >= 11 is 0. The predicted octanol–water partition coefficient (Wildman–Crippen LogP) is 10.9. The number of hydrogen-bond acceptors (Lipinski definition) is 4. The van der Waals surface area contributed by atoms with E-state index in [4.69, 9.17) is 4.42 Å². The van der Waals surface area contributed by atoms with Crippen molar-refractivity contribution in [2.75, 3.05) is 0 Å². The number of furan rings is 1. The van der Waals surface area contributed by atoms with Gasteiger partial charge < -0.3 is 14.4 Å². The molecule has 0 N–H and O–H groups in total. The fourth-order valence-corrected chi connectivity index (χ4v) is 8.83. The Labute approximate surface area is 307 Å². The summed E-state index contributed by atoms with van der Waals surface area (Å²) in [6, 6.07) is 29.5. The van der Waals surface area contributed by atoms with Gasteiger partial charge in [0.25, 0.3) is 0 Å². The van der Waals surface area contributed by atoms with E-state index in [1.807, 2.05) is 49.5 Å². The van der Waals surface area contributed by atoms with Gasteiger partial charge in [0, 0.05) is 43.6 Å². The monoisotopic (exact) mass is 844 g/mol. The van der Waals surface area contributed by atoms with Gasteiger partial charge in [-0.1, -0.05) is 88.8 Å². The molecule has 0 aliphatic heterocycles. The van der Waals surface area contributed by atoms with Crippen molar-refractivity contribution in [2.45, 2.75) is 91.8 Å². The first-order valence-electron chi connectivity index (χ1n) is 17.6. The molecule has 4 aromatic heterocycles. The van der Waals surface area contributed by atoms with Gasteiger partial charge in [0.1, 0.15) is 0 Å². The van der Waals surface area contributed by atoms with Crippen molar-refractivity contribution in [2.24, 2.45) is 11.8 Å². The third kappa shape index (κ3) is 8.14. The first kappa shape index (κ1) is 36.8. The number of pyridine rings is 3. The first-order valence-corrected chi connectivity index (χ1v) is 21.1. The van der Waals surface area contributed by atoms with Crippen molar-refractivity contribution in [3.05, 3.63) is 108 Å². The third-order valence-electron chi connectivity index (χ3n) is 9.98. The summed E-state index contributed by atoms with van der Waals surface area (Å²) < 4.78 is 6.16. The van der Waals surface area contributed by atoms with Crippen LogP contribution in [-0.4, -0.2) is 23.0 Å². The minimum Gasteiger partial charge on any atom is -0.486 e. The van der Waals surface area contributed by atoms with Crippen LogP contribution in [0.15, 0.2) is 83.5 Å². The maximum atomic E-state index is 6.16. The normalized spacial score (nSPS) is 13.8. The molecule has 6 heteroatoms. The van der Waals surface area contributed by atoms with E-state index in [0.29, 0.717) is 11.6 Å². The molecule has 1 radical (unpaired) electrons. The molecule has 1 fully saturated rings. The van der Waals surface area contributed by atoms with Crippen molar-refractivity contribution in [1.29, 1.82) is 0 Å². The van der Waals surface area contributed by atoms with E-state index in [1.165, 1.54) is 42.0 Å². The number of aryl methyl sites for hydroxylation is 1. The zero-order valence-corrected chi connectivity index (χ0v) is 33.7.